The van der Waals surface area contributed by atoms with Crippen molar-refractivity contribution in [1.29, 1.82) is 0 Å². The van der Waals surface area contributed by atoms with Crippen LogP contribution in [0.25, 0.3) is 11.1 Å². The first-order valence-corrected chi connectivity index (χ1v) is 11.7. The smallest absolute Gasteiger partial charge is 0.303 e. The second-order valence-corrected chi connectivity index (χ2v) is 8.79. The van der Waals surface area contributed by atoms with E-state index in [-0.39, 0.29) is 18.3 Å². The quantitative estimate of drug-likeness (QED) is 0.328. The van der Waals surface area contributed by atoms with Crippen LogP contribution in [-0.2, 0) is 15.0 Å². The van der Waals surface area contributed by atoms with Crippen molar-refractivity contribution in [3.63, 3.8) is 0 Å². The summed E-state index contributed by atoms with van der Waals surface area (Å²) in [4.78, 5) is 21.5. The minimum atomic E-state index is -0.710. The van der Waals surface area contributed by atoms with Crippen molar-refractivity contribution >= 4 is 11.9 Å². The predicted octanol–water partition coefficient (Wildman–Crippen LogP) is 6.80. The van der Waals surface area contributed by atoms with Crippen molar-refractivity contribution in [2.45, 2.75) is 82.5 Å². The van der Waals surface area contributed by atoms with Crippen LogP contribution in [0.2, 0.25) is 0 Å². The van der Waals surface area contributed by atoms with Gasteiger partial charge < -0.3 is 10.2 Å². The lowest BCUT2D eigenvalue weighted by Crippen LogP contribution is -2.25. The van der Waals surface area contributed by atoms with Gasteiger partial charge in [0, 0.05) is 18.3 Å². The molecule has 4 nitrogen and oxygen atoms in total. The van der Waals surface area contributed by atoms with Crippen molar-refractivity contribution in [2.75, 3.05) is 0 Å². The molecule has 0 aromatic heterocycles. The molecule has 0 unspecified atom stereocenters. The molecule has 1 aliphatic rings. The molecule has 0 saturated carbocycles. The Morgan fingerprint density at radius 1 is 0.581 bits per heavy atom. The third kappa shape index (κ3) is 5.75. The van der Waals surface area contributed by atoms with E-state index in [1.165, 1.54) is 22.3 Å². The highest BCUT2D eigenvalue weighted by Gasteiger charge is 2.41. The van der Waals surface area contributed by atoms with Crippen LogP contribution in [-0.4, -0.2) is 22.2 Å². The predicted molar refractivity (Wildman–Crippen MR) is 123 cm³/mol. The van der Waals surface area contributed by atoms with Crippen LogP contribution in [0.5, 0.6) is 0 Å². The van der Waals surface area contributed by atoms with Crippen LogP contribution in [0.3, 0.4) is 0 Å². The summed E-state index contributed by atoms with van der Waals surface area (Å²) in [7, 11) is 0. The normalized spacial score (nSPS) is 13.5. The average molecular weight is 423 g/mol. The summed E-state index contributed by atoms with van der Waals surface area (Å²) in [6.07, 6.45) is 10.4. The molecule has 0 fully saturated rings. The standard InChI is InChI=1S/C27H34O4/c28-25(29)17-5-1-3-11-19-27(20-12-4-2-6-18-26(30)31)23-15-9-7-13-21(23)22-14-8-10-16-24(22)27/h7-10,13-16H,1-6,11-12,17-20H2,(H,28,29)(H,30,31). The molecule has 0 aliphatic heterocycles. The first kappa shape index (κ1) is 23.1. The van der Waals surface area contributed by atoms with Gasteiger partial charge in [-0.25, -0.2) is 0 Å². The molecule has 166 valence electrons. The molecule has 2 N–H and O–H groups in total. The number of rotatable bonds is 14. The van der Waals surface area contributed by atoms with E-state index in [0.29, 0.717) is 0 Å². The molecule has 2 aromatic rings. The Kier molecular flexibility index (Phi) is 8.27. The monoisotopic (exact) mass is 422 g/mol. The van der Waals surface area contributed by atoms with Gasteiger partial charge in [0.05, 0.1) is 0 Å². The van der Waals surface area contributed by atoms with Gasteiger partial charge in [0.1, 0.15) is 0 Å². The van der Waals surface area contributed by atoms with Crippen molar-refractivity contribution in [3.8, 4) is 11.1 Å². The molecule has 0 radical (unpaired) electrons. The SMILES string of the molecule is O=C(O)CCCCCCC1(CCCCCCC(=O)O)c2ccccc2-c2ccccc21. The molecule has 0 heterocycles. The molecule has 0 saturated heterocycles. The lowest BCUT2D eigenvalue weighted by molar-refractivity contribution is -0.138. The van der Waals surface area contributed by atoms with Gasteiger partial charge in [0.15, 0.2) is 0 Å². The summed E-state index contributed by atoms with van der Waals surface area (Å²) >= 11 is 0. The number of aliphatic carboxylic acids is 2. The van der Waals surface area contributed by atoms with Gasteiger partial charge in [-0.15, -0.1) is 0 Å². The Labute approximate surface area is 185 Å². The zero-order valence-electron chi connectivity index (χ0n) is 18.3. The van der Waals surface area contributed by atoms with Gasteiger partial charge in [-0.3, -0.25) is 9.59 Å². The minimum Gasteiger partial charge on any atom is -0.481 e. The van der Waals surface area contributed by atoms with E-state index in [4.69, 9.17) is 10.2 Å². The zero-order valence-corrected chi connectivity index (χ0v) is 18.3. The summed E-state index contributed by atoms with van der Waals surface area (Å²) in [5, 5.41) is 17.7. The fourth-order valence-electron chi connectivity index (χ4n) is 5.19. The molecule has 4 heteroatoms. The number of carboxylic acids is 2. The first-order chi connectivity index (χ1) is 15.0. The lowest BCUT2D eigenvalue weighted by atomic mass is 9.70. The van der Waals surface area contributed by atoms with Gasteiger partial charge in [-0.1, -0.05) is 87.1 Å². The van der Waals surface area contributed by atoms with Crippen LogP contribution >= 0.6 is 0 Å². The van der Waals surface area contributed by atoms with E-state index < -0.39 is 11.9 Å². The van der Waals surface area contributed by atoms with Crippen LogP contribution in [0.4, 0.5) is 0 Å². The highest BCUT2D eigenvalue weighted by molar-refractivity contribution is 5.81. The van der Waals surface area contributed by atoms with Crippen molar-refractivity contribution in [3.05, 3.63) is 59.7 Å². The largest absolute Gasteiger partial charge is 0.481 e. The molecule has 0 spiro atoms. The fraction of sp³-hybridized carbons (Fsp3) is 0.481. The Hall–Kier alpha value is -2.62. The molecular formula is C27H34O4. The van der Waals surface area contributed by atoms with E-state index >= 15 is 0 Å². The zero-order chi connectivity index (χ0) is 22.1. The third-order valence-electron chi connectivity index (χ3n) is 6.66. The molecule has 0 atom stereocenters. The molecule has 2 aromatic carbocycles. The molecule has 0 amide bonds. The highest BCUT2D eigenvalue weighted by Crippen LogP contribution is 2.53. The van der Waals surface area contributed by atoms with Crippen molar-refractivity contribution < 1.29 is 19.8 Å². The first-order valence-electron chi connectivity index (χ1n) is 11.7. The maximum Gasteiger partial charge on any atom is 0.303 e. The summed E-state index contributed by atoms with van der Waals surface area (Å²) in [5.74, 6) is -1.42. The van der Waals surface area contributed by atoms with Crippen LogP contribution in [0.1, 0.15) is 88.2 Å². The Balaban J connectivity index is 1.72. The van der Waals surface area contributed by atoms with Gasteiger partial charge in [-0.05, 0) is 47.9 Å². The van der Waals surface area contributed by atoms with E-state index in [9.17, 15) is 9.59 Å². The van der Waals surface area contributed by atoms with Gasteiger partial charge in [0.2, 0.25) is 0 Å². The summed E-state index contributed by atoms with van der Waals surface area (Å²) in [5.41, 5.74) is 5.54. The second-order valence-electron chi connectivity index (χ2n) is 8.79. The average Bonchev–Trinajstić information content (AvgIpc) is 3.03. The maximum atomic E-state index is 10.8. The number of unbranched alkanes of at least 4 members (excludes halogenated alkanes) is 6. The number of hydrogen-bond donors (Lipinski definition) is 2. The van der Waals surface area contributed by atoms with E-state index in [1.54, 1.807) is 0 Å². The highest BCUT2D eigenvalue weighted by atomic mass is 16.4. The molecule has 0 bridgehead atoms. The summed E-state index contributed by atoms with van der Waals surface area (Å²) in [6.45, 7) is 0. The molecular weight excluding hydrogens is 388 g/mol. The number of carbonyl (C=O) groups is 2. The third-order valence-corrected chi connectivity index (χ3v) is 6.66. The fourth-order valence-corrected chi connectivity index (χ4v) is 5.19. The molecule has 31 heavy (non-hydrogen) atoms. The number of fused-ring (bicyclic) bond motifs is 3. The Morgan fingerprint density at radius 2 is 0.968 bits per heavy atom. The van der Waals surface area contributed by atoms with Crippen LogP contribution in [0, 0.1) is 0 Å². The minimum absolute atomic E-state index is 0.00673. The van der Waals surface area contributed by atoms with Gasteiger partial charge in [-0.2, -0.15) is 0 Å². The topological polar surface area (TPSA) is 74.6 Å². The lowest BCUT2D eigenvalue weighted by Gasteiger charge is -2.33. The Morgan fingerprint density at radius 3 is 1.39 bits per heavy atom. The van der Waals surface area contributed by atoms with Crippen molar-refractivity contribution in [2.24, 2.45) is 0 Å². The number of hydrogen-bond acceptors (Lipinski definition) is 2. The van der Waals surface area contributed by atoms with Gasteiger partial charge in [0.25, 0.3) is 0 Å². The van der Waals surface area contributed by atoms with Crippen molar-refractivity contribution in [1.82, 2.24) is 0 Å². The number of benzene rings is 2. The molecule has 1 aliphatic carbocycles. The summed E-state index contributed by atoms with van der Waals surface area (Å²) < 4.78 is 0. The van der Waals surface area contributed by atoms with E-state index in [1.807, 2.05) is 0 Å². The second kappa shape index (κ2) is 11.1. The maximum absolute atomic E-state index is 10.8. The van der Waals surface area contributed by atoms with E-state index in [0.717, 1.165) is 64.2 Å². The van der Waals surface area contributed by atoms with Crippen LogP contribution < -0.4 is 0 Å². The number of carboxylic acid groups (broad SMARTS) is 2. The molecule has 3 rings (SSSR count). The summed E-state index contributed by atoms with van der Waals surface area (Å²) in [6, 6.07) is 17.5. The van der Waals surface area contributed by atoms with Crippen LogP contribution in [0.15, 0.2) is 48.5 Å². The van der Waals surface area contributed by atoms with Gasteiger partial charge >= 0.3 is 11.9 Å². The Bertz CT molecular complexity index is 813. The van der Waals surface area contributed by atoms with E-state index in [2.05, 4.69) is 48.5 Å².